The minimum atomic E-state index is -0.586. The van der Waals surface area contributed by atoms with E-state index in [1.54, 1.807) is 0 Å². The van der Waals surface area contributed by atoms with E-state index in [-0.39, 0.29) is 28.9 Å². The van der Waals surface area contributed by atoms with Crippen LogP contribution in [0.2, 0.25) is 0 Å². The van der Waals surface area contributed by atoms with Crippen molar-refractivity contribution in [2.45, 2.75) is 18.9 Å². The highest BCUT2D eigenvalue weighted by Crippen LogP contribution is 2.20. The summed E-state index contributed by atoms with van der Waals surface area (Å²) in [5.74, 6) is -0.530. The van der Waals surface area contributed by atoms with Gasteiger partial charge >= 0.3 is 0 Å². The molecule has 8 heteroatoms. The Balaban J connectivity index is 2.10. The van der Waals surface area contributed by atoms with Crippen molar-refractivity contribution in [2.75, 3.05) is 12.3 Å². The molecule has 1 fully saturated rings. The molecule has 1 aliphatic heterocycles. The maximum atomic E-state index is 12.1. The number of nitro groups is 1. The topological polar surface area (TPSA) is 127 Å². The van der Waals surface area contributed by atoms with Crippen LogP contribution in [0.3, 0.4) is 0 Å². The standard InChI is InChI=1S/C12H14N4O4/c13-10-3-2-8(16(19)20)5-9(10)12(18)15-7-1-4-11(17)14-6-7/h2-3,5,7H,1,4,6,13H2,(H,14,17)(H,15,18). The average molecular weight is 278 g/mol. The summed E-state index contributed by atoms with van der Waals surface area (Å²) in [6.07, 6.45) is 0.877. The lowest BCUT2D eigenvalue weighted by Crippen LogP contribution is -2.47. The number of nitrogens with two attached hydrogens (primary N) is 1. The molecule has 2 amide bonds. The number of amides is 2. The molecule has 106 valence electrons. The number of carbonyl (C=O) groups is 2. The number of nitrogens with zero attached hydrogens (tertiary/aromatic N) is 1. The molecular weight excluding hydrogens is 264 g/mol. The molecule has 0 aromatic heterocycles. The summed E-state index contributed by atoms with van der Waals surface area (Å²) < 4.78 is 0. The Bertz CT molecular complexity index is 563. The first-order valence-electron chi connectivity index (χ1n) is 6.09. The zero-order valence-electron chi connectivity index (χ0n) is 10.6. The van der Waals surface area contributed by atoms with Gasteiger partial charge < -0.3 is 16.4 Å². The molecule has 1 aromatic carbocycles. The Morgan fingerprint density at radius 3 is 2.85 bits per heavy atom. The average Bonchev–Trinajstić information content (AvgIpc) is 2.41. The lowest BCUT2D eigenvalue weighted by atomic mass is 10.1. The van der Waals surface area contributed by atoms with E-state index < -0.39 is 10.8 Å². The fourth-order valence-corrected chi connectivity index (χ4v) is 1.97. The summed E-state index contributed by atoms with van der Waals surface area (Å²) in [5, 5.41) is 16.0. The molecule has 1 atom stereocenters. The number of nitro benzene ring substituents is 1. The Hall–Kier alpha value is -2.64. The van der Waals surface area contributed by atoms with Crippen molar-refractivity contribution in [3.63, 3.8) is 0 Å². The van der Waals surface area contributed by atoms with Gasteiger partial charge in [0.05, 0.1) is 10.5 Å². The van der Waals surface area contributed by atoms with E-state index in [4.69, 9.17) is 5.73 Å². The number of nitrogens with one attached hydrogen (secondary N) is 2. The first-order chi connectivity index (χ1) is 9.47. The Labute approximate surface area is 114 Å². The van der Waals surface area contributed by atoms with Gasteiger partial charge in [-0.05, 0) is 12.5 Å². The number of piperidine rings is 1. The lowest BCUT2D eigenvalue weighted by molar-refractivity contribution is -0.384. The van der Waals surface area contributed by atoms with Crippen molar-refractivity contribution >= 4 is 23.2 Å². The zero-order chi connectivity index (χ0) is 14.7. The molecule has 1 heterocycles. The quantitative estimate of drug-likeness (QED) is 0.413. The van der Waals surface area contributed by atoms with Gasteiger partial charge in [0, 0.05) is 36.8 Å². The zero-order valence-corrected chi connectivity index (χ0v) is 10.6. The summed E-state index contributed by atoms with van der Waals surface area (Å²) >= 11 is 0. The monoisotopic (exact) mass is 278 g/mol. The largest absolute Gasteiger partial charge is 0.398 e. The van der Waals surface area contributed by atoms with E-state index >= 15 is 0 Å². The molecule has 1 aromatic rings. The van der Waals surface area contributed by atoms with Gasteiger partial charge in [0.1, 0.15) is 0 Å². The van der Waals surface area contributed by atoms with Crippen LogP contribution in [0.15, 0.2) is 18.2 Å². The predicted octanol–water partition coefficient (Wildman–Crippen LogP) is 0.185. The first-order valence-corrected chi connectivity index (χ1v) is 6.09. The normalized spacial score (nSPS) is 18.2. The second-order valence-corrected chi connectivity index (χ2v) is 4.54. The molecular formula is C12H14N4O4. The van der Waals surface area contributed by atoms with Crippen LogP contribution in [0.25, 0.3) is 0 Å². The van der Waals surface area contributed by atoms with Crippen LogP contribution in [0, 0.1) is 10.1 Å². The highest BCUT2D eigenvalue weighted by molar-refractivity contribution is 6.00. The second-order valence-electron chi connectivity index (χ2n) is 4.54. The van der Waals surface area contributed by atoms with Crippen LogP contribution in [0.5, 0.6) is 0 Å². The summed E-state index contributed by atoms with van der Waals surface area (Å²) in [6.45, 7) is 0.347. The fourth-order valence-electron chi connectivity index (χ4n) is 1.97. The molecule has 0 radical (unpaired) electrons. The van der Waals surface area contributed by atoms with Gasteiger partial charge in [-0.3, -0.25) is 19.7 Å². The number of benzene rings is 1. The van der Waals surface area contributed by atoms with Gasteiger partial charge in [0.25, 0.3) is 11.6 Å². The molecule has 20 heavy (non-hydrogen) atoms. The number of rotatable bonds is 3. The van der Waals surface area contributed by atoms with E-state index in [2.05, 4.69) is 10.6 Å². The van der Waals surface area contributed by atoms with E-state index in [0.29, 0.717) is 19.4 Å². The minimum Gasteiger partial charge on any atom is -0.398 e. The van der Waals surface area contributed by atoms with Crippen molar-refractivity contribution in [1.82, 2.24) is 10.6 Å². The molecule has 0 saturated carbocycles. The highest BCUT2D eigenvalue weighted by atomic mass is 16.6. The van der Waals surface area contributed by atoms with Crippen molar-refractivity contribution in [3.8, 4) is 0 Å². The fraction of sp³-hybridized carbons (Fsp3) is 0.333. The molecule has 0 spiro atoms. The molecule has 1 unspecified atom stereocenters. The third-order valence-corrected chi connectivity index (χ3v) is 3.09. The number of hydrogen-bond acceptors (Lipinski definition) is 5. The number of nitrogen functional groups attached to an aromatic ring is 1. The Morgan fingerprint density at radius 1 is 1.50 bits per heavy atom. The van der Waals surface area contributed by atoms with Crippen LogP contribution < -0.4 is 16.4 Å². The third-order valence-electron chi connectivity index (χ3n) is 3.09. The summed E-state index contributed by atoms with van der Waals surface area (Å²) in [7, 11) is 0. The van der Waals surface area contributed by atoms with E-state index in [9.17, 15) is 19.7 Å². The molecule has 1 aliphatic rings. The summed E-state index contributed by atoms with van der Waals surface area (Å²) in [5.41, 5.74) is 5.71. The molecule has 0 bridgehead atoms. The summed E-state index contributed by atoms with van der Waals surface area (Å²) in [6, 6.07) is 3.52. The van der Waals surface area contributed by atoms with E-state index in [1.807, 2.05) is 0 Å². The molecule has 4 N–H and O–H groups in total. The van der Waals surface area contributed by atoms with Crippen molar-refractivity contribution in [2.24, 2.45) is 0 Å². The van der Waals surface area contributed by atoms with Gasteiger partial charge in [0.15, 0.2) is 0 Å². The molecule has 1 saturated heterocycles. The van der Waals surface area contributed by atoms with Gasteiger partial charge in [-0.1, -0.05) is 0 Å². The highest BCUT2D eigenvalue weighted by Gasteiger charge is 2.22. The second kappa shape index (κ2) is 5.55. The maximum absolute atomic E-state index is 12.1. The van der Waals surface area contributed by atoms with Crippen LogP contribution in [-0.2, 0) is 4.79 Å². The predicted molar refractivity (Wildman–Crippen MR) is 71.0 cm³/mol. The van der Waals surface area contributed by atoms with Gasteiger partial charge in [-0.15, -0.1) is 0 Å². The first kappa shape index (κ1) is 13.8. The number of anilines is 1. The number of non-ortho nitro benzene ring substituents is 1. The smallest absolute Gasteiger partial charge is 0.270 e. The number of carbonyl (C=O) groups excluding carboxylic acids is 2. The van der Waals surface area contributed by atoms with E-state index in [0.717, 1.165) is 6.07 Å². The van der Waals surface area contributed by atoms with Crippen molar-refractivity contribution in [1.29, 1.82) is 0 Å². The third kappa shape index (κ3) is 3.02. The molecule has 0 aliphatic carbocycles. The number of hydrogen-bond donors (Lipinski definition) is 3. The van der Waals surface area contributed by atoms with Crippen LogP contribution in [0.4, 0.5) is 11.4 Å². The van der Waals surface area contributed by atoms with Gasteiger partial charge in [0.2, 0.25) is 5.91 Å². The van der Waals surface area contributed by atoms with Crippen LogP contribution >= 0.6 is 0 Å². The van der Waals surface area contributed by atoms with Gasteiger partial charge in [-0.25, -0.2) is 0 Å². The lowest BCUT2D eigenvalue weighted by Gasteiger charge is -2.23. The minimum absolute atomic E-state index is 0.0506. The summed E-state index contributed by atoms with van der Waals surface area (Å²) in [4.78, 5) is 33.2. The molecule has 2 rings (SSSR count). The van der Waals surface area contributed by atoms with Crippen LogP contribution in [-0.4, -0.2) is 29.3 Å². The van der Waals surface area contributed by atoms with Crippen molar-refractivity contribution in [3.05, 3.63) is 33.9 Å². The van der Waals surface area contributed by atoms with E-state index in [1.165, 1.54) is 12.1 Å². The maximum Gasteiger partial charge on any atom is 0.270 e. The van der Waals surface area contributed by atoms with Crippen molar-refractivity contribution < 1.29 is 14.5 Å². The van der Waals surface area contributed by atoms with Crippen LogP contribution in [0.1, 0.15) is 23.2 Å². The Kier molecular flexibility index (Phi) is 3.83. The SMILES string of the molecule is Nc1ccc([N+](=O)[O-])cc1C(=O)NC1CCC(=O)NC1. The molecule has 8 nitrogen and oxygen atoms in total. The Morgan fingerprint density at radius 2 is 2.25 bits per heavy atom. The van der Waals surface area contributed by atoms with Gasteiger partial charge in [-0.2, -0.15) is 0 Å².